The lowest BCUT2D eigenvalue weighted by molar-refractivity contribution is -0.137. The quantitative estimate of drug-likeness (QED) is 0.390. The lowest BCUT2D eigenvalue weighted by Gasteiger charge is -2.30. The molecule has 1 aromatic carbocycles. The summed E-state index contributed by atoms with van der Waals surface area (Å²) in [6.45, 7) is 5.75. The van der Waals surface area contributed by atoms with Gasteiger partial charge < -0.3 is 5.32 Å². The fraction of sp³-hybridized carbons (Fsp3) is 0.250. The molecule has 22 heavy (non-hydrogen) atoms. The van der Waals surface area contributed by atoms with Gasteiger partial charge in [-0.05, 0) is 24.7 Å². The molecule has 114 valence electrons. The third-order valence-corrected chi connectivity index (χ3v) is 3.66. The molecule has 0 saturated carbocycles. The van der Waals surface area contributed by atoms with E-state index in [1.807, 2.05) is 37.3 Å². The minimum atomic E-state index is -0.960. The summed E-state index contributed by atoms with van der Waals surface area (Å²) in [5, 5.41) is 2.62. The number of amides is 2. The van der Waals surface area contributed by atoms with Crippen LogP contribution in [-0.2, 0) is 9.59 Å². The third kappa shape index (κ3) is 3.46. The molecule has 0 aromatic heterocycles. The molecule has 1 aromatic rings. The van der Waals surface area contributed by atoms with Crippen LogP contribution in [0, 0.1) is 5.92 Å². The maximum absolute atomic E-state index is 12.3. The Morgan fingerprint density at radius 2 is 2.09 bits per heavy atom. The number of benzene rings is 1. The highest BCUT2D eigenvalue weighted by molar-refractivity contribution is 7.80. The molecule has 6 heteroatoms. The number of hydrogen-bond acceptors (Lipinski definition) is 4. The van der Waals surface area contributed by atoms with Crippen molar-refractivity contribution in [2.24, 2.45) is 10.9 Å². The van der Waals surface area contributed by atoms with Gasteiger partial charge in [0.1, 0.15) is 0 Å². The van der Waals surface area contributed by atoms with Crippen LogP contribution >= 0.6 is 12.2 Å². The van der Waals surface area contributed by atoms with E-state index in [1.54, 1.807) is 6.08 Å². The number of thiocarbonyl (C=S) groups is 1. The summed E-state index contributed by atoms with van der Waals surface area (Å²) in [5.74, 6) is -1.78. The van der Waals surface area contributed by atoms with Crippen molar-refractivity contribution in [2.75, 3.05) is 6.54 Å². The summed E-state index contributed by atoms with van der Waals surface area (Å²) in [5.41, 5.74) is 1.01. The van der Waals surface area contributed by atoms with E-state index in [2.05, 4.69) is 16.9 Å². The fourth-order valence-electron chi connectivity index (χ4n) is 2.10. The van der Waals surface area contributed by atoms with E-state index in [1.165, 1.54) is 11.1 Å². The van der Waals surface area contributed by atoms with Gasteiger partial charge in [0, 0.05) is 12.8 Å². The van der Waals surface area contributed by atoms with Crippen molar-refractivity contribution in [1.82, 2.24) is 10.2 Å². The first-order chi connectivity index (χ1) is 10.5. The third-order valence-electron chi connectivity index (χ3n) is 3.34. The minimum absolute atomic E-state index is 0.107. The molecule has 2 atom stereocenters. The van der Waals surface area contributed by atoms with Crippen molar-refractivity contribution in [1.29, 1.82) is 0 Å². The van der Waals surface area contributed by atoms with Crippen LogP contribution in [0.5, 0.6) is 0 Å². The number of hydrogen-bond donors (Lipinski definition) is 1. The van der Waals surface area contributed by atoms with E-state index >= 15 is 0 Å². The van der Waals surface area contributed by atoms with Crippen LogP contribution in [0.15, 0.2) is 48.0 Å². The van der Waals surface area contributed by atoms with E-state index in [4.69, 9.17) is 12.2 Å². The molecule has 5 nitrogen and oxygen atoms in total. The first kappa shape index (κ1) is 16.0. The molecule has 1 heterocycles. The van der Waals surface area contributed by atoms with Gasteiger partial charge in [0.15, 0.2) is 11.0 Å². The molecular weight excluding hydrogens is 298 g/mol. The number of carbonyl (C=O) groups is 2. The summed E-state index contributed by atoms with van der Waals surface area (Å²) >= 11 is 4.99. The Labute approximate surface area is 134 Å². The summed E-state index contributed by atoms with van der Waals surface area (Å²) in [4.78, 5) is 29.9. The number of nitrogens with zero attached hydrogens (tertiary/aromatic N) is 2. The molecule has 0 aliphatic carbocycles. The van der Waals surface area contributed by atoms with Gasteiger partial charge in [0.2, 0.25) is 11.8 Å². The smallest absolute Gasteiger partial charge is 0.247 e. The van der Waals surface area contributed by atoms with Crippen LogP contribution in [0.1, 0.15) is 18.5 Å². The summed E-state index contributed by atoms with van der Waals surface area (Å²) in [6, 6.07) is 9.53. The molecule has 1 fully saturated rings. The molecule has 0 bridgehead atoms. The topological polar surface area (TPSA) is 61.8 Å². The van der Waals surface area contributed by atoms with Crippen LogP contribution in [0.2, 0.25) is 0 Å². The highest BCUT2D eigenvalue weighted by Gasteiger charge is 2.36. The van der Waals surface area contributed by atoms with Crippen LogP contribution in [-0.4, -0.2) is 34.6 Å². The first-order valence-corrected chi connectivity index (χ1v) is 7.30. The van der Waals surface area contributed by atoms with Gasteiger partial charge in [-0.25, -0.2) is 0 Å². The second-order valence-electron chi connectivity index (χ2n) is 4.89. The SMILES string of the molecule is C=CCN1C(=O)C(C=N[C@@H](C)c2ccccc2)C(=O)NC1=S. The molecule has 1 N–H and O–H groups in total. The van der Waals surface area contributed by atoms with E-state index in [-0.39, 0.29) is 23.6 Å². The number of nitrogens with one attached hydrogen (secondary N) is 1. The van der Waals surface area contributed by atoms with Gasteiger partial charge in [-0.15, -0.1) is 6.58 Å². The Morgan fingerprint density at radius 3 is 2.73 bits per heavy atom. The molecule has 1 aliphatic heterocycles. The lowest BCUT2D eigenvalue weighted by atomic mass is 10.1. The fourth-order valence-corrected chi connectivity index (χ4v) is 2.36. The van der Waals surface area contributed by atoms with Gasteiger partial charge in [-0.3, -0.25) is 19.5 Å². The van der Waals surface area contributed by atoms with Gasteiger partial charge in [-0.1, -0.05) is 36.4 Å². The molecule has 2 amide bonds. The van der Waals surface area contributed by atoms with Crippen LogP contribution in [0.25, 0.3) is 0 Å². The second kappa shape index (κ2) is 7.09. The standard InChI is InChI=1S/C16H17N3O2S/c1-3-9-19-15(21)13(14(20)18-16(19)22)10-17-11(2)12-7-5-4-6-8-12/h3-8,10-11,13H,1,9H2,2H3,(H,18,20,22)/t11-,13?/m0/s1. The Hall–Kier alpha value is -2.34. The number of carbonyl (C=O) groups excluding carboxylic acids is 2. The molecule has 1 saturated heterocycles. The predicted molar refractivity (Wildman–Crippen MR) is 89.5 cm³/mol. The first-order valence-electron chi connectivity index (χ1n) is 6.90. The van der Waals surface area contributed by atoms with Gasteiger partial charge in [0.05, 0.1) is 6.04 Å². The van der Waals surface area contributed by atoms with Crippen molar-refractivity contribution >= 4 is 35.4 Å². The second-order valence-corrected chi connectivity index (χ2v) is 5.28. The zero-order valence-electron chi connectivity index (χ0n) is 12.2. The molecule has 0 radical (unpaired) electrons. The average Bonchev–Trinajstić information content (AvgIpc) is 2.51. The van der Waals surface area contributed by atoms with Crippen LogP contribution in [0.4, 0.5) is 0 Å². The maximum atomic E-state index is 12.3. The average molecular weight is 315 g/mol. The largest absolute Gasteiger partial charge is 0.302 e. The molecule has 1 aliphatic rings. The molecular formula is C16H17N3O2S. The molecule has 0 spiro atoms. The number of aliphatic imine (C=N–C) groups is 1. The van der Waals surface area contributed by atoms with Gasteiger partial charge >= 0.3 is 0 Å². The highest BCUT2D eigenvalue weighted by Crippen LogP contribution is 2.17. The highest BCUT2D eigenvalue weighted by atomic mass is 32.1. The van der Waals surface area contributed by atoms with Gasteiger partial charge in [0.25, 0.3) is 0 Å². The summed E-state index contributed by atoms with van der Waals surface area (Å²) in [7, 11) is 0. The summed E-state index contributed by atoms with van der Waals surface area (Å²) in [6.07, 6.45) is 2.95. The predicted octanol–water partition coefficient (Wildman–Crippen LogP) is 1.86. The van der Waals surface area contributed by atoms with E-state index in [0.717, 1.165) is 5.56 Å². The Morgan fingerprint density at radius 1 is 1.41 bits per heavy atom. The Bertz CT molecular complexity index is 628. The van der Waals surface area contributed by atoms with Crippen molar-refractivity contribution in [3.05, 3.63) is 48.6 Å². The maximum Gasteiger partial charge on any atom is 0.247 e. The van der Waals surface area contributed by atoms with Crippen molar-refractivity contribution < 1.29 is 9.59 Å². The van der Waals surface area contributed by atoms with Gasteiger partial charge in [-0.2, -0.15) is 0 Å². The zero-order valence-corrected chi connectivity index (χ0v) is 13.0. The number of rotatable bonds is 5. The summed E-state index contributed by atoms with van der Waals surface area (Å²) < 4.78 is 0. The van der Waals surface area contributed by atoms with Crippen LogP contribution < -0.4 is 5.32 Å². The van der Waals surface area contributed by atoms with Crippen molar-refractivity contribution in [2.45, 2.75) is 13.0 Å². The van der Waals surface area contributed by atoms with Crippen molar-refractivity contribution in [3.8, 4) is 0 Å². The van der Waals surface area contributed by atoms with E-state index < -0.39 is 11.8 Å². The minimum Gasteiger partial charge on any atom is -0.302 e. The van der Waals surface area contributed by atoms with E-state index in [0.29, 0.717) is 0 Å². The van der Waals surface area contributed by atoms with Crippen LogP contribution in [0.3, 0.4) is 0 Å². The van der Waals surface area contributed by atoms with E-state index in [9.17, 15) is 9.59 Å². The molecule has 2 rings (SSSR count). The normalized spacial score (nSPS) is 20.1. The zero-order chi connectivity index (χ0) is 16.1. The lowest BCUT2D eigenvalue weighted by Crippen LogP contribution is -2.58. The van der Waals surface area contributed by atoms with Crippen molar-refractivity contribution in [3.63, 3.8) is 0 Å². The monoisotopic (exact) mass is 315 g/mol. The Kier molecular flexibility index (Phi) is 5.16. The Balaban J connectivity index is 2.15. The molecule has 1 unspecified atom stereocenters.